The van der Waals surface area contributed by atoms with Gasteiger partial charge in [0, 0.05) is 24.1 Å². The van der Waals surface area contributed by atoms with Crippen molar-refractivity contribution in [1.82, 2.24) is 10.2 Å². The van der Waals surface area contributed by atoms with Gasteiger partial charge in [0.1, 0.15) is 11.5 Å². The second-order valence-electron chi connectivity index (χ2n) is 7.83. The van der Waals surface area contributed by atoms with E-state index >= 15 is 0 Å². The predicted molar refractivity (Wildman–Crippen MR) is 115 cm³/mol. The highest BCUT2D eigenvalue weighted by atomic mass is 79.9. The van der Waals surface area contributed by atoms with E-state index in [0.717, 1.165) is 23.9 Å². The van der Waals surface area contributed by atoms with E-state index in [9.17, 15) is 9.59 Å². The minimum atomic E-state index is -0.135. The molecule has 5 nitrogen and oxygen atoms in total. The van der Waals surface area contributed by atoms with Crippen LogP contribution < -0.4 is 10.1 Å². The summed E-state index contributed by atoms with van der Waals surface area (Å²) in [6.45, 7) is 1.89. The summed E-state index contributed by atoms with van der Waals surface area (Å²) in [6.07, 6.45) is 4.09. The molecule has 2 aromatic carbocycles. The number of nitrogens with one attached hydrogen (secondary N) is 1. The Labute approximate surface area is 179 Å². The Morgan fingerprint density at radius 1 is 1.10 bits per heavy atom. The minimum absolute atomic E-state index is 0.0769. The number of para-hydroxylation sites is 1. The first-order valence-electron chi connectivity index (χ1n) is 10.2. The van der Waals surface area contributed by atoms with Gasteiger partial charge in [-0.25, -0.2) is 0 Å². The summed E-state index contributed by atoms with van der Waals surface area (Å²) >= 11 is 3.44. The van der Waals surface area contributed by atoms with E-state index in [-0.39, 0.29) is 17.7 Å². The van der Waals surface area contributed by atoms with Crippen LogP contribution in [0.25, 0.3) is 0 Å². The standard InChI is InChI=1S/C23H25BrN2O3/c24-18-6-3-7-19(13-18)29-21-9-2-1-8-20(21)23(28)26-12-4-5-17(15-26)22(27)25-14-16-10-11-16/h1-3,6-9,13,16-17H,4-5,10-12,14-15H2,(H,25,27)/t17-/m1/s1. The van der Waals surface area contributed by atoms with Gasteiger partial charge in [-0.15, -0.1) is 0 Å². The molecule has 4 rings (SSSR count). The first-order valence-corrected chi connectivity index (χ1v) is 11.0. The molecule has 1 aliphatic carbocycles. The Bertz CT molecular complexity index is 897. The minimum Gasteiger partial charge on any atom is -0.456 e. The van der Waals surface area contributed by atoms with Crippen molar-refractivity contribution in [1.29, 1.82) is 0 Å². The van der Waals surface area contributed by atoms with Crippen molar-refractivity contribution < 1.29 is 14.3 Å². The maximum Gasteiger partial charge on any atom is 0.257 e. The van der Waals surface area contributed by atoms with Gasteiger partial charge in [-0.1, -0.05) is 34.1 Å². The molecule has 0 bridgehead atoms. The number of amides is 2. The van der Waals surface area contributed by atoms with Crippen molar-refractivity contribution in [2.24, 2.45) is 11.8 Å². The first kappa shape index (κ1) is 20.0. The quantitative estimate of drug-likeness (QED) is 0.689. The molecule has 2 amide bonds. The summed E-state index contributed by atoms with van der Waals surface area (Å²) in [5, 5.41) is 3.06. The lowest BCUT2D eigenvalue weighted by molar-refractivity contribution is -0.126. The summed E-state index contributed by atoms with van der Waals surface area (Å²) in [5.41, 5.74) is 0.520. The van der Waals surface area contributed by atoms with Crippen LogP contribution >= 0.6 is 15.9 Å². The Kier molecular flexibility index (Phi) is 6.19. The number of carbonyl (C=O) groups is 2. The van der Waals surface area contributed by atoms with Crippen LogP contribution in [0.3, 0.4) is 0 Å². The third kappa shape index (κ3) is 5.18. The van der Waals surface area contributed by atoms with Crippen LogP contribution in [0.5, 0.6) is 11.5 Å². The maximum absolute atomic E-state index is 13.2. The second kappa shape index (κ2) is 8.99. The molecule has 0 unspecified atom stereocenters. The Balaban J connectivity index is 1.45. The van der Waals surface area contributed by atoms with E-state index in [0.29, 0.717) is 36.1 Å². The van der Waals surface area contributed by atoms with Gasteiger partial charge in [0.15, 0.2) is 0 Å². The number of hydrogen-bond acceptors (Lipinski definition) is 3. The molecule has 1 saturated heterocycles. The van der Waals surface area contributed by atoms with Crippen molar-refractivity contribution in [3.8, 4) is 11.5 Å². The largest absolute Gasteiger partial charge is 0.456 e. The number of nitrogens with zero attached hydrogens (tertiary/aromatic N) is 1. The molecule has 0 aromatic heterocycles. The number of hydrogen-bond donors (Lipinski definition) is 1. The SMILES string of the molecule is O=C(NCC1CC1)[C@@H]1CCCN(C(=O)c2ccccc2Oc2cccc(Br)c2)C1. The smallest absolute Gasteiger partial charge is 0.257 e. The highest BCUT2D eigenvalue weighted by Gasteiger charge is 2.31. The molecule has 6 heteroatoms. The lowest BCUT2D eigenvalue weighted by Gasteiger charge is -2.32. The third-order valence-electron chi connectivity index (χ3n) is 5.48. The summed E-state index contributed by atoms with van der Waals surface area (Å²) in [7, 11) is 0. The number of halogens is 1. The van der Waals surface area contributed by atoms with Crippen molar-refractivity contribution in [2.45, 2.75) is 25.7 Å². The zero-order valence-electron chi connectivity index (χ0n) is 16.3. The van der Waals surface area contributed by atoms with Gasteiger partial charge in [0.2, 0.25) is 5.91 Å². The van der Waals surface area contributed by atoms with Crippen LogP contribution in [-0.4, -0.2) is 36.3 Å². The highest BCUT2D eigenvalue weighted by molar-refractivity contribution is 9.10. The molecule has 2 fully saturated rings. The van der Waals surface area contributed by atoms with E-state index in [2.05, 4.69) is 21.2 Å². The lowest BCUT2D eigenvalue weighted by atomic mass is 9.96. The van der Waals surface area contributed by atoms with Gasteiger partial charge in [0.05, 0.1) is 11.5 Å². The van der Waals surface area contributed by atoms with Crippen LogP contribution in [0.1, 0.15) is 36.0 Å². The van der Waals surface area contributed by atoms with Gasteiger partial charge in [-0.2, -0.15) is 0 Å². The van der Waals surface area contributed by atoms with Crippen LogP contribution in [-0.2, 0) is 4.79 Å². The number of likely N-dealkylation sites (tertiary alicyclic amines) is 1. The Hall–Kier alpha value is -2.34. The van der Waals surface area contributed by atoms with Gasteiger partial charge < -0.3 is 15.0 Å². The molecular weight excluding hydrogens is 432 g/mol. The van der Waals surface area contributed by atoms with Crippen LogP contribution in [0.4, 0.5) is 0 Å². The number of ether oxygens (including phenoxy) is 1. The average molecular weight is 457 g/mol. The molecule has 1 saturated carbocycles. The molecule has 1 N–H and O–H groups in total. The topological polar surface area (TPSA) is 58.6 Å². The molecule has 1 heterocycles. The fraction of sp³-hybridized carbons (Fsp3) is 0.391. The zero-order valence-corrected chi connectivity index (χ0v) is 17.9. The van der Waals surface area contributed by atoms with Crippen molar-refractivity contribution >= 4 is 27.7 Å². The predicted octanol–water partition coefficient (Wildman–Crippen LogP) is 4.62. The summed E-state index contributed by atoms with van der Waals surface area (Å²) < 4.78 is 6.90. The van der Waals surface area contributed by atoms with Crippen molar-refractivity contribution in [2.75, 3.05) is 19.6 Å². The van der Waals surface area contributed by atoms with Gasteiger partial charge in [-0.05, 0) is 61.9 Å². The van der Waals surface area contributed by atoms with Crippen LogP contribution in [0.2, 0.25) is 0 Å². The number of benzene rings is 2. The second-order valence-corrected chi connectivity index (χ2v) is 8.75. The van der Waals surface area contributed by atoms with Gasteiger partial charge in [0.25, 0.3) is 5.91 Å². The zero-order chi connectivity index (χ0) is 20.2. The van der Waals surface area contributed by atoms with E-state index < -0.39 is 0 Å². The van der Waals surface area contributed by atoms with Gasteiger partial charge >= 0.3 is 0 Å². The van der Waals surface area contributed by atoms with E-state index in [1.165, 1.54) is 12.8 Å². The fourth-order valence-electron chi connectivity index (χ4n) is 3.65. The molecule has 29 heavy (non-hydrogen) atoms. The van der Waals surface area contributed by atoms with Crippen molar-refractivity contribution in [3.05, 3.63) is 58.6 Å². The molecule has 1 aliphatic heterocycles. The molecule has 2 aliphatic rings. The highest BCUT2D eigenvalue weighted by Crippen LogP contribution is 2.30. The Morgan fingerprint density at radius 3 is 2.72 bits per heavy atom. The summed E-state index contributed by atoms with van der Waals surface area (Å²) in [5.74, 6) is 1.70. The van der Waals surface area contributed by atoms with Crippen molar-refractivity contribution in [3.63, 3.8) is 0 Å². The molecule has 2 aromatic rings. The number of piperidine rings is 1. The van der Waals surface area contributed by atoms with Crippen LogP contribution in [0.15, 0.2) is 53.0 Å². The molecule has 0 radical (unpaired) electrons. The average Bonchev–Trinajstić information content (AvgIpc) is 3.57. The maximum atomic E-state index is 13.2. The Morgan fingerprint density at radius 2 is 1.93 bits per heavy atom. The summed E-state index contributed by atoms with van der Waals surface area (Å²) in [4.78, 5) is 27.5. The lowest BCUT2D eigenvalue weighted by Crippen LogP contribution is -2.45. The summed E-state index contributed by atoms with van der Waals surface area (Å²) in [6, 6.07) is 14.8. The molecule has 1 atom stereocenters. The van der Waals surface area contributed by atoms with Crippen LogP contribution in [0, 0.1) is 11.8 Å². The fourth-order valence-corrected chi connectivity index (χ4v) is 4.03. The van der Waals surface area contributed by atoms with Gasteiger partial charge in [-0.3, -0.25) is 9.59 Å². The molecular formula is C23H25BrN2O3. The first-order chi connectivity index (χ1) is 14.1. The number of carbonyl (C=O) groups excluding carboxylic acids is 2. The third-order valence-corrected chi connectivity index (χ3v) is 5.98. The van der Waals surface area contributed by atoms with E-state index in [4.69, 9.17) is 4.74 Å². The molecule has 0 spiro atoms. The van der Waals surface area contributed by atoms with E-state index in [1.807, 2.05) is 36.4 Å². The van der Waals surface area contributed by atoms with E-state index in [1.54, 1.807) is 17.0 Å². The molecule has 152 valence electrons. The number of rotatable bonds is 6. The normalized spacial score (nSPS) is 18.9. The monoisotopic (exact) mass is 456 g/mol.